The van der Waals surface area contributed by atoms with Gasteiger partial charge in [0.15, 0.2) is 0 Å². The molecular weight excluding hydrogens is 246 g/mol. The average molecular weight is 273 g/mol. The van der Waals surface area contributed by atoms with Gasteiger partial charge in [0.05, 0.1) is 0 Å². The van der Waals surface area contributed by atoms with Gasteiger partial charge in [0, 0.05) is 11.7 Å². The van der Waals surface area contributed by atoms with Crippen LogP contribution in [0.5, 0.6) is 5.75 Å². The smallest absolute Gasteiger partial charge is 0.118 e. The first kappa shape index (κ1) is 13.8. The molecule has 2 aliphatic rings. The number of aryl methyl sites for hydroxylation is 2. The summed E-state index contributed by atoms with van der Waals surface area (Å²) in [6.45, 7) is 4.05. The first-order valence-corrected chi connectivity index (χ1v) is 8.20. The summed E-state index contributed by atoms with van der Waals surface area (Å²) in [6.07, 6.45) is 9.84. The van der Waals surface area contributed by atoms with Gasteiger partial charge in [-0.25, -0.2) is 0 Å². The number of nitrogens with one attached hydrogen (secondary N) is 1. The maximum atomic E-state index is 9.76. The number of hydrogen-bond acceptors (Lipinski definition) is 2. The summed E-state index contributed by atoms with van der Waals surface area (Å²) < 4.78 is 0. The van der Waals surface area contributed by atoms with Crippen molar-refractivity contribution in [3.05, 3.63) is 23.3 Å². The lowest BCUT2D eigenvalue weighted by Crippen LogP contribution is -2.34. The lowest BCUT2D eigenvalue weighted by Gasteiger charge is -2.40. The Balaban J connectivity index is 1.68. The number of hydrogen-bond donors (Lipinski definition) is 2. The van der Waals surface area contributed by atoms with Crippen LogP contribution in [0.2, 0.25) is 0 Å². The molecule has 0 heterocycles. The zero-order valence-electron chi connectivity index (χ0n) is 12.8. The lowest BCUT2D eigenvalue weighted by molar-refractivity contribution is 0.162. The van der Waals surface area contributed by atoms with Crippen molar-refractivity contribution in [2.24, 2.45) is 11.8 Å². The quantitative estimate of drug-likeness (QED) is 0.760. The fourth-order valence-corrected chi connectivity index (χ4v) is 4.18. The molecule has 110 valence electrons. The molecule has 0 aromatic heterocycles. The summed E-state index contributed by atoms with van der Waals surface area (Å²) >= 11 is 0. The van der Waals surface area contributed by atoms with E-state index < -0.39 is 0 Å². The third-order valence-electron chi connectivity index (χ3n) is 5.44. The first-order chi connectivity index (χ1) is 9.63. The highest BCUT2D eigenvalue weighted by Gasteiger charge is 2.32. The predicted molar refractivity (Wildman–Crippen MR) is 84.3 cm³/mol. The van der Waals surface area contributed by atoms with Crippen LogP contribution in [0.25, 0.3) is 0 Å². The first-order valence-electron chi connectivity index (χ1n) is 8.20. The van der Waals surface area contributed by atoms with Crippen LogP contribution < -0.4 is 5.32 Å². The Morgan fingerprint density at radius 1 is 0.950 bits per heavy atom. The van der Waals surface area contributed by atoms with Crippen molar-refractivity contribution < 1.29 is 5.11 Å². The summed E-state index contributed by atoms with van der Waals surface area (Å²) in [6, 6.07) is 4.60. The van der Waals surface area contributed by atoms with E-state index in [9.17, 15) is 5.11 Å². The summed E-state index contributed by atoms with van der Waals surface area (Å²) in [7, 11) is 0. The highest BCUT2D eigenvalue weighted by atomic mass is 16.3. The van der Waals surface area contributed by atoms with Gasteiger partial charge in [0.1, 0.15) is 5.75 Å². The molecule has 2 heteroatoms. The van der Waals surface area contributed by atoms with Crippen LogP contribution in [0, 0.1) is 25.7 Å². The molecule has 1 aromatic rings. The second-order valence-electron chi connectivity index (χ2n) is 6.91. The molecule has 2 saturated carbocycles. The number of anilines is 1. The van der Waals surface area contributed by atoms with Crippen LogP contribution in [0.15, 0.2) is 12.1 Å². The van der Waals surface area contributed by atoms with Crippen molar-refractivity contribution >= 4 is 5.69 Å². The second kappa shape index (κ2) is 5.67. The molecule has 3 rings (SSSR count). The van der Waals surface area contributed by atoms with E-state index in [0.29, 0.717) is 11.8 Å². The predicted octanol–water partition coefficient (Wildman–Crippen LogP) is 4.78. The van der Waals surface area contributed by atoms with E-state index in [2.05, 4.69) is 18.3 Å². The zero-order chi connectivity index (χ0) is 14.1. The number of aromatic hydroxyl groups is 1. The molecule has 0 aliphatic heterocycles. The SMILES string of the molecule is Cc1cc(NC2CCC3CCCCC3C2)c(C)cc1O. The number of fused-ring (bicyclic) bond motifs is 1. The molecule has 3 unspecified atom stereocenters. The van der Waals surface area contributed by atoms with Gasteiger partial charge >= 0.3 is 0 Å². The zero-order valence-corrected chi connectivity index (χ0v) is 12.8. The topological polar surface area (TPSA) is 32.3 Å². The maximum Gasteiger partial charge on any atom is 0.118 e. The van der Waals surface area contributed by atoms with Gasteiger partial charge in [-0.15, -0.1) is 0 Å². The minimum Gasteiger partial charge on any atom is -0.508 e. The van der Waals surface area contributed by atoms with Crippen LogP contribution in [0.1, 0.15) is 56.1 Å². The Morgan fingerprint density at radius 3 is 2.50 bits per heavy atom. The maximum absolute atomic E-state index is 9.76. The second-order valence-corrected chi connectivity index (χ2v) is 6.91. The fourth-order valence-electron chi connectivity index (χ4n) is 4.18. The molecule has 0 spiro atoms. The molecule has 20 heavy (non-hydrogen) atoms. The van der Waals surface area contributed by atoms with E-state index in [4.69, 9.17) is 0 Å². The molecule has 0 radical (unpaired) electrons. The summed E-state index contributed by atoms with van der Waals surface area (Å²) in [5.41, 5.74) is 3.32. The van der Waals surface area contributed by atoms with Gasteiger partial charge in [0.25, 0.3) is 0 Å². The molecule has 2 nitrogen and oxygen atoms in total. The van der Waals surface area contributed by atoms with Gasteiger partial charge in [0.2, 0.25) is 0 Å². The summed E-state index contributed by atoms with van der Waals surface area (Å²) in [5, 5.41) is 13.5. The van der Waals surface area contributed by atoms with Crippen molar-refractivity contribution in [1.29, 1.82) is 0 Å². The number of rotatable bonds is 2. The van der Waals surface area contributed by atoms with Crippen LogP contribution in [0.4, 0.5) is 5.69 Å². The molecule has 2 fully saturated rings. The van der Waals surface area contributed by atoms with E-state index in [1.165, 1.54) is 50.6 Å². The van der Waals surface area contributed by atoms with Crippen LogP contribution >= 0.6 is 0 Å². The molecular formula is C18H27NO. The standard InChI is InChI=1S/C18H27NO/c1-12-10-18(20)13(2)9-17(12)19-16-8-7-14-5-3-4-6-15(14)11-16/h9-10,14-16,19-20H,3-8,11H2,1-2H3. The Morgan fingerprint density at radius 2 is 1.70 bits per heavy atom. The summed E-state index contributed by atoms with van der Waals surface area (Å²) in [5.74, 6) is 2.36. The van der Waals surface area contributed by atoms with E-state index in [1.54, 1.807) is 0 Å². The molecule has 2 aliphatic carbocycles. The van der Waals surface area contributed by atoms with Crippen LogP contribution in [-0.4, -0.2) is 11.1 Å². The van der Waals surface area contributed by atoms with Crippen molar-refractivity contribution in [3.8, 4) is 5.75 Å². The average Bonchev–Trinajstić information content (AvgIpc) is 2.44. The molecule has 0 saturated heterocycles. The fraction of sp³-hybridized carbons (Fsp3) is 0.667. The Labute approximate surface area is 122 Å². The van der Waals surface area contributed by atoms with Gasteiger partial charge in [-0.05, 0) is 68.2 Å². The molecule has 0 amide bonds. The minimum absolute atomic E-state index is 0.407. The number of benzene rings is 1. The van der Waals surface area contributed by atoms with Gasteiger partial charge in [-0.3, -0.25) is 0 Å². The van der Waals surface area contributed by atoms with Gasteiger partial charge in [-0.2, -0.15) is 0 Å². The number of phenols is 1. The van der Waals surface area contributed by atoms with Crippen molar-refractivity contribution in [3.63, 3.8) is 0 Å². The molecule has 1 aromatic carbocycles. The minimum atomic E-state index is 0.407. The molecule has 3 atom stereocenters. The normalized spacial score (nSPS) is 29.8. The van der Waals surface area contributed by atoms with Gasteiger partial charge in [-0.1, -0.05) is 25.7 Å². The highest BCUT2D eigenvalue weighted by molar-refractivity contribution is 5.57. The monoisotopic (exact) mass is 273 g/mol. The largest absolute Gasteiger partial charge is 0.508 e. The van der Waals surface area contributed by atoms with Crippen LogP contribution in [0.3, 0.4) is 0 Å². The van der Waals surface area contributed by atoms with E-state index in [1.807, 2.05) is 13.0 Å². The van der Waals surface area contributed by atoms with Gasteiger partial charge < -0.3 is 10.4 Å². The molecule has 0 bridgehead atoms. The van der Waals surface area contributed by atoms with Crippen molar-refractivity contribution in [1.82, 2.24) is 0 Å². The van der Waals surface area contributed by atoms with Crippen molar-refractivity contribution in [2.45, 2.75) is 64.8 Å². The van der Waals surface area contributed by atoms with E-state index >= 15 is 0 Å². The highest BCUT2D eigenvalue weighted by Crippen LogP contribution is 2.41. The third-order valence-corrected chi connectivity index (χ3v) is 5.44. The van der Waals surface area contributed by atoms with Crippen molar-refractivity contribution in [2.75, 3.05) is 5.32 Å². The Bertz CT molecular complexity index is 483. The van der Waals surface area contributed by atoms with Crippen LogP contribution in [-0.2, 0) is 0 Å². The Hall–Kier alpha value is -1.18. The summed E-state index contributed by atoms with van der Waals surface area (Å²) in [4.78, 5) is 0. The van der Waals surface area contributed by atoms with E-state index in [-0.39, 0.29) is 0 Å². The van der Waals surface area contributed by atoms with E-state index in [0.717, 1.165) is 23.0 Å². The lowest BCUT2D eigenvalue weighted by atomic mass is 9.69. The third kappa shape index (κ3) is 2.79. The molecule has 2 N–H and O–H groups in total. The Kier molecular flexibility index (Phi) is 3.91. The number of phenolic OH excluding ortho intramolecular Hbond substituents is 1.